The van der Waals surface area contributed by atoms with Crippen LogP contribution in [0.2, 0.25) is 5.02 Å². The Morgan fingerprint density at radius 3 is 2.51 bits per heavy atom. The molecule has 6 nitrogen and oxygen atoms in total. The number of anilines is 2. The molecule has 0 bridgehead atoms. The van der Waals surface area contributed by atoms with Crippen LogP contribution in [-0.4, -0.2) is 19.0 Å². The second kappa shape index (κ2) is 9.78. The van der Waals surface area contributed by atoms with Gasteiger partial charge in [0.2, 0.25) is 0 Å². The molecule has 1 aliphatic rings. The molecule has 35 heavy (non-hydrogen) atoms. The Hall–Kier alpha value is -3.87. The van der Waals surface area contributed by atoms with Gasteiger partial charge < -0.3 is 21.1 Å². The predicted molar refractivity (Wildman–Crippen MR) is 142 cm³/mol. The van der Waals surface area contributed by atoms with E-state index in [-0.39, 0.29) is 5.91 Å². The van der Waals surface area contributed by atoms with Gasteiger partial charge in [-0.3, -0.25) is 4.79 Å². The highest BCUT2D eigenvalue weighted by Gasteiger charge is 2.28. The second-order valence-electron chi connectivity index (χ2n) is 8.80. The second-order valence-corrected chi connectivity index (χ2v) is 9.24. The van der Waals surface area contributed by atoms with Crippen molar-refractivity contribution < 1.29 is 14.3 Å². The Kier molecular flexibility index (Phi) is 6.78. The minimum Gasteiger partial charge on any atom is -0.466 e. The van der Waals surface area contributed by atoms with Gasteiger partial charge in [-0.2, -0.15) is 0 Å². The van der Waals surface area contributed by atoms with Gasteiger partial charge in [0.25, 0.3) is 5.91 Å². The SMILES string of the molecule is COC(=O)/C=C/c1cccc(/C(Nc2ccc(C(C)(C)N)cc2)=C2/C(=O)Nc3cc(Cl)ccc32)c1. The van der Waals surface area contributed by atoms with Crippen molar-refractivity contribution in [3.63, 3.8) is 0 Å². The van der Waals surface area contributed by atoms with Crippen LogP contribution < -0.4 is 16.4 Å². The molecule has 0 saturated heterocycles. The van der Waals surface area contributed by atoms with Crippen LogP contribution in [0.4, 0.5) is 11.4 Å². The maximum Gasteiger partial charge on any atom is 0.330 e. The largest absolute Gasteiger partial charge is 0.466 e. The summed E-state index contributed by atoms with van der Waals surface area (Å²) in [5, 5.41) is 6.87. The Morgan fingerprint density at radius 2 is 1.83 bits per heavy atom. The van der Waals surface area contributed by atoms with E-state index in [0.29, 0.717) is 22.0 Å². The van der Waals surface area contributed by atoms with Crippen LogP contribution in [-0.2, 0) is 19.9 Å². The average molecular weight is 488 g/mol. The van der Waals surface area contributed by atoms with Gasteiger partial charge in [-0.1, -0.05) is 48.0 Å². The quantitative estimate of drug-likeness (QED) is 0.308. The van der Waals surface area contributed by atoms with Crippen LogP contribution in [0.25, 0.3) is 17.3 Å². The number of fused-ring (bicyclic) bond motifs is 1. The number of esters is 1. The molecule has 7 heteroatoms. The van der Waals surface area contributed by atoms with Crippen LogP contribution in [0.5, 0.6) is 0 Å². The lowest BCUT2D eigenvalue weighted by Gasteiger charge is -2.20. The first-order valence-corrected chi connectivity index (χ1v) is 11.4. The highest BCUT2D eigenvalue weighted by Crippen LogP contribution is 2.39. The Bertz CT molecular complexity index is 1350. The maximum absolute atomic E-state index is 13.1. The van der Waals surface area contributed by atoms with Crippen LogP contribution in [0.15, 0.2) is 72.8 Å². The van der Waals surface area contributed by atoms with E-state index < -0.39 is 11.5 Å². The van der Waals surface area contributed by atoms with E-state index in [2.05, 4.69) is 15.4 Å². The third kappa shape index (κ3) is 5.45. The summed E-state index contributed by atoms with van der Waals surface area (Å²) in [6.07, 6.45) is 3.02. The zero-order valence-electron chi connectivity index (χ0n) is 19.7. The molecule has 3 aromatic rings. The van der Waals surface area contributed by atoms with Gasteiger partial charge in [-0.15, -0.1) is 0 Å². The van der Waals surface area contributed by atoms with E-state index in [9.17, 15) is 9.59 Å². The molecule has 1 heterocycles. The van der Waals surface area contributed by atoms with Crippen molar-refractivity contribution in [2.24, 2.45) is 5.73 Å². The first kappa shape index (κ1) is 24.3. The van der Waals surface area contributed by atoms with Crippen molar-refractivity contribution in [2.75, 3.05) is 17.7 Å². The fraction of sp³-hybridized carbons (Fsp3) is 0.143. The number of methoxy groups -OCH3 is 1. The van der Waals surface area contributed by atoms with Gasteiger partial charge in [0.1, 0.15) is 0 Å². The number of amides is 1. The van der Waals surface area contributed by atoms with Crippen molar-refractivity contribution in [1.82, 2.24) is 0 Å². The number of halogens is 1. The smallest absolute Gasteiger partial charge is 0.330 e. The Balaban J connectivity index is 1.83. The normalized spacial score (nSPS) is 14.5. The van der Waals surface area contributed by atoms with E-state index >= 15 is 0 Å². The van der Waals surface area contributed by atoms with Crippen molar-refractivity contribution in [1.29, 1.82) is 0 Å². The number of carbonyl (C=O) groups excluding carboxylic acids is 2. The standard InChI is InChI=1S/C28H26ClN3O3/c1-28(2,30)19-8-11-21(12-9-19)31-26(18-6-4-5-17(15-18)7-14-24(33)35-3)25-22-13-10-20(29)16-23(22)32-27(25)34/h4-16,31H,30H2,1-3H3,(H,32,34)/b14-7+,26-25-. The molecule has 0 radical (unpaired) electrons. The molecule has 0 aliphatic carbocycles. The van der Waals surface area contributed by atoms with E-state index in [1.165, 1.54) is 13.2 Å². The molecule has 1 amide bonds. The minimum atomic E-state index is -0.469. The molecule has 0 unspecified atom stereocenters. The van der Waals surface area contributed by atoms with Crippen molar-refractivity contribution in [3.8, 4) is 0 Å². The lowest BCUT2D eigenvalue weighted by Crippen LogP contribution is -2.28. The summed E-state index contributed by atoms with van der Waals surface area (Å²) in [7, 11) is 1.33. The van der Waals surface area contributed by atoms with Gasteiger partial charge in [-0.05, 0) is 66.9 Å². The molecule has 0 spiro atoms. The van der Waals surface area contributed by atoms with E-state index in [4.69, 9.17) is 17.3 Å². The molecule has 3 aromatic carbocycles. The summed E-state index contributed by atoms with van der Waals surface area (Å²) in [4.78, 5) is 24.7. The summed E-state index contributed by atoms with van der Waals surface area (Å²) in [6, 6.07) is 20.6. The van der Waals surface area contributed by atoms with Crippen molar-refractivity contribution in [3.05, 3.63) is 100 Å². The fourth-order valence-corrected chi connectivity index (χ4v) is 4.00. The van der Waals surface area contributed by atoms with Crippen molar-refractivity contribution >= 4 is 52.2 Å². The van der Waals surface area contributed by atoms with Gasteiger partial charge >= 0.3 is 5.97 Å². The van der Waals surface area contributed by atoms with Gasteiger partial charge in [0.05, 0.1) is 24.1 Å². The molecule has 0 atom stereocenters. The summed E-state index contributed by atoms with van der Waals surface area (Å²) in [5.74, 6) is -0.684. The summed E-state index contributed by atoms with van der Waals surface area (Å²) in [5.41, 5.74) is 11.6. The third-order valence-corrected chi connectivity index (χ3v) is 5.90. The first-order chi connectivity index (χ1) is 16.7. The predicted octanol–water partition coefficient (Wildman–Crippen LogP) is 5.65. The van der Waals surface area contributed by atoms with Crippen LogP contribution in [0, 0.1) is 0 Å². The first-order valence-electron chi connectivity index (χ1n) is 11.0. The zero-order valence-corrected chi connectivity index (χ0v) is 20.4. The molecule has 4 rings (SSSR count). The molecular weight excluding hydrogens is 462 g/mol. The zero-order chi connectivity index (χ0) is 25.2. The monoisotopic (exact) mass is 487 g/mol. The third-order valence-electron chi connectivity index (χ3n) is 5.66. The Labute approximate surface area is 209 Å². The highest BCUT2D eigenvalue weighted by molar-refractivity contribution is 6.38. The number of carbonyl (C=O) groups is 2. The number of ether oxygens (including phenoxy) is 1. The Morgan fingerprint density at radius 1 is 1.09 bits per heavy atom. The fourth-order valence-electron chi connectivity index (χ4n) is 3.83. The lowest BCUT2D eigenvalue weighted by atomic mass is 9.95. The summed E-state index contributed by atoms with van der Waals surface area (Å²) >= 11 is 6.15. The number of hydrogen-bond acceptors (Lipinski definition) is 5. The van der Waals surface area contributed by atoms with Crippen LogP contribution in [0.3, 0.4) is 0 Å². The van der Waals surface area contributed by atoms with Gasteiger partial charge in [0.15, 0.2) is 0 Å². The molecule has 0 fully saturated rings. The molecule has 178 valence electrons. The molecule has 0 saturated carbocycles. The topological polar surface area (TPSA) is 93.4 Å². The summed E-state index contributed by atoms with van der Waals surface area (Å²) in [6.45, 7) is 3.89. The number of hydrogen-bond donors (Lipinski definition) is 3. The number of nitrogens with one attached hydrogen (secondary N) is 2. The number of rotatable bonds is 6. The minimum absolute atomic E-state index is 0.236. The van der Waals surface area contributed by atoms with Crippen molar-refractivity contribution in [2.45, 2.75) is 19.4 Å². The maximum atomic E-state index is 13.1. The molecule has 0 aromatic heterocycles. The molecule has 4 N–H and O–H groups in total. The lowest BCUT2D eigenvalue weighted by molar-refractivity contribution is -0.134. The number of benzene rings is 3. The van der Waals surface area contributed by atoms with Crippen LogP contribution >= 0.6 is 11.6 Å². The van der Waals surface area contributed by atoms with Gasteiger partial charge in [0, 0.05) is 27.9 Å². The molecule has 1 aliphatic heterocycles. The van der Waals surface area contributed by atoms with Gasteiger partial charge in [-0.25, -0.2) is 4.79 Å². The summed E-state index contributed by atoms with van der Waals surface area (Å²) < 4.78 is 4.69. The van der Waals surface area contributed by atoms with Crippen LogP contribution in [0.1, 0.15) is 36.1 Å². The average Bonchev–Trinajstić information content (AvgIpc) is 3.15. The molecular formula is C28H26ClN3O3. The number of nitrogens with two attached hydrogens (primary N) is 1. The van der Waals surface area contributed by atoms with E-state index in [1.807, 2.05) is 68.4 Å². The highest BCUT2D eigenvalue weighted by atomic mass is 35.5. The van der Waals surface area contributed by atoms with E-state index in [0.717, 1.165) is 27.9 Å². The van der Waals surface area contributed by atoms with E-state index in [1.54, 1.807) is 18.2 Å².